The maximum Gasteiger partial charge on any atom is 4.00 e. The molecule has 0 aromatic rings. The van der Waals surface area contributed by atoms with Gasteiger partial charge in [0.25, 0.3) is 0 Å². The van der Waals surface area contributed by atoms with E-state index in [-0.39, 0.29) is 65.1 Å². The Morgan fingerprint density at radius 1 is 0.364 bits per heavy atom. The molecule has 0 aliphatic heterocycles. The molecule has 0 unspecified atom stereocenters. The fraction of sp³-hybridized carbons (Fsp3) is 0.800. The average Bonchev–Trinajstić information content (AvgIpc) is 1.62. The molecule has 0 nitrogen and oxygen atoms in total. The van der Waals surface area contributed by atoms with E-state index in [1.165, 1.54) is 0 Å². The Labute approximate surface area is 175 Å². The summed E-state index contributed by atoms with van der Waals surface area (Å²) in [5, 5.41) is 0. The fourth-order valence-electron chi connectivity index (χ4n) is 0. The maximum absolute atomic E-state index is 3.77. The van der Waals surface area contributed by atoms with Crippen LogP contribution in [0, 0.1) is 49.4 Å². The average molecular weight is 380 g/mol. The van der Waals surface area contributed by atoms with E-state index >= 15 is 0 Å². The van der Waals surface area contributed by atoms with E-state index in [9.17, 15) is 0 Å². The monoisotopic (exact) mass is 380 g/mol. The topological polar surface area (TPSA) is 0 Å². The summed E-state index contributed by atoms with van der Waals surface area (Å²) in [4.78, 5) is 0. The van der Waals surface area contributed by atoms with Crippen LogP contribution in [0.3, 0.4) is 0 Å². The molecule has 0 rings (SSSR count). The van der Waals surface area contributed by atoms with E-state index < -0.39 is 0 Å². The van der Waals surface area contributed by atoms with Gasteiger partial charge in [0.05, 0.1) is 0 Å². The summed E-state index contributed by atoms with van der Waals surface area (Å²) in [7, 11) is 0. The van der Waals surface area contributed by atoms with E-state index in [0.29, 0.717) is 0 Å². The molecule has 0 fully saturated rings. The van der Waals surface area contributed by atoms with Gasteiger partial charge in [-0.1, -0.05) is 83.1 Å². The minimum Gasteiger partial charge on any atom is -0.338 e. The molecule has 22 heavy (non-hydrogen) atoms. The van der Waals surface area contributed by atoms with Crippen molar-refractivity contribution in [1.82, 2.24) is 0 Å². The first-order valence-electron chi connectivity index (χ1n) is 7.41. The molecule has 0 spiro atoms. The molecule has 0 saturated carbocycles. The van der Waals surface area contributed by atoms with Crippen LogP contribution in [0.1, 0.15) is 83.1 Å². The normalized spacial score (nSPS) is 10.9. The van der Waals surface area contributed by atoms with Gasteiger partial charge in [0.1, 0.15) is 0 Å². The molecule has 0 aromatic heterocycles. The minimum atomic E-state index is 0. The molecule has 0 aromatic carbocycles. The van der Waals surface area contributed by atoms with Gasteiger partial charge in [0.2, 0.25) is 0 Å². The van der Waals surface area contributed by atoms with Crippen molar-refractivity contribution < 1.29 is 43.4 Å². The smallest absolute Gasteiger partial charge is 0.338 e. The quantitative estimate of drug-likeness (QED) is 0.302. The SMILES string of the molecule is [CH2-]C(C)(C)C.[CH2-]C(C)(C)C.[CH2-]C(C)(C)C.[CH2-]C(C)(C)C.[Ti+4].[Ti]. The molecule has 0 radical (unpaired) electrons. The Morgan fingerprint density at radius 3 is 0.364 bits per heavy atom. The predicted molar refractivity (Wildman–Crippen MR) is 99.2 cm³/mol. The van der Waals surface area contributed by atoms with Gasteiger partial charge >= 0.3 is 21.7 Å². The van der Waals surface area contributed by atoms with Gasteiger partial charge in [0.15, 0.2) is 0 Å². The Bertz CT molecular complexity index is 120. The van der Waals surface area contributed by atoms with Crippen LogP contribution in [0.4, 0.5) is 0 Å². The van der Waals surface area contributed by atoms with Gasteiger partial charge in [-0.25, -0.2) is 0 Å². The van der Waals surface area contributed by atoms with E-state index in [4.69, 9.17) is 0 Å². The van der Waals surface area contributed by atoms with Crippen LogP contribution in [-0.4, -0.2) is 0 Å². The standard InChI is InChI=1S/4C5H11.2Ti/c4*1-5(2,3)4;;/h4*1H2,2-4H3;;/q4*-1;;+4. The summed E-state index contributed by atoms with van der Waals surface area (Å²) in [5.74, 6) is 0. The number of hydrogen-bond acceptors (Lipinski definition) is 0. The minimum absolute atomic E-state index is 0. The summed E-state index contributed by atoms with van der Waals surface area (Å²) in [5.41, 5.74) is 1.00. The summed E-state index contributed by atoms with van der Waals surface area (Å²) in [6.07, 6.45) is 0. The van der Waals surface area contributed by atoms with Crippen molar-refractivity contribution >= 4 is 0 Å². The molecule has 0 heterocycles. The first kappa shape index (κ1) is 38.8. The van der Waals surface area contributed by atoms with Crippen molar-refractivity contribution in [2.45, 2.75) is 83.1 Å². The zero-order chi connectivity index (χ0) is 18.0. The van der Waals surface area contributed by atoms with Crippen molar-refractivity contribution in [2.24, 2.45) is 21.7 Å². The Kier molecular flexibility index (Phi) is 28.1. The van der Waals surface area contributed by atoms with Gasteiger partial charge in [-0.15, -0.1) is 0 Å². The second-order valence-electron chi connectivity index (χ2n) is 10.2. The van der Waals surface area contributed by atoms with Crippen molar-refractivity contribution in [3.8, 4) is 0 Å². The van der Waals surface area contributed by atoms with E-state index in [1.807, 2.05) is 0 Å². The van der Waals surface area contributed by atoms with Gasteiger partial charge < -0.3 is 27.7 Å². The second-order valence-corrected chi connectivity index (χ2v) is 10.2. The molecule has 132 valence electrons. The third-order valence-corrected chi connectivity index (χ3v) is 0. The predicted octanol–water partition coefficient (Wildman–Crippen LogP) is 7.46. The zero-order valence-electron chi connectivity index (χ0n) is 17.8. The van der Waals surface area contributed by atoms with Gasteiger partial charge in [-0.05, 0) is 0 Å². The largest absolute Gasteiger partial charge is 4.00 e. The van der Waals surface area contributed by atoms with E-state index in [1.54, 1.807) is 0 Å². The molecule has 0 N–H and O–H groups in total. The van der Waals surface area contributed by atoms with Crippen LogP contribution in [0.5, 0.6) is 0 Å². The molecular formula is C20H44Ti2. The van der Waals surface area contributed by atoms with Crippen molar-refractivity contribution in [3.05, 3.63) is 27.7 Å². The summed E-state index contributed by atoms with van der Waals surface area (Å²) in [6.45, 7) is 40.0. The van der Waals surface area contributed by atoms with Crippen LogP contribution in [-0.2, 0) is 43.4 Å². The number of hydrogen-bond donors (Lipinski definition) is 0. The Hall–Kier alpha value is 1.43. The van der Waals surface area contributed by atoms with Crippen molar-refractivity contribution in [3.63, 3.8) is 0 Å². The van der Waals surface area contributed by atoms with E-state index in [2.05, 4.69) is 111 Å². The van der Waals surface area contributed by atoms with E-state index in [0.717, 1.165) is 0 Å². The van der Waals surface area contributed by atoms with Crippen molar-refractivity contribution in [2.75, 3.05) is 0 Å². The maximum atomic E-state index is 3.77. The second kappa shape index (κ2) is 15.9. The molecule has 0 bridgehead atoms. The summed E-state index contributed by atoms with van der Waals surface area (Å²) < 4.78 is 0. The van der Waals surface area contributed by atoms with Crippen LogP contribution in [0.15, 0.2) is 0 Å². The Balaban J connectivity index is -0.0000000376. The zero-order valence-corrected chi connectivity index (χ0v) is 21.0. The van der Waals surface area contributed by atoms with Crippen LogP contribution in [0.2, 0.25) is 0 Å². The fourth-order valence-corrected chi connectivity index (χ4v) is 0. The van der Waals surface area contributed by atoms with Crippen molar-refractivity contribution in [1.29, 1.82) is 0 Å². The first-order valence-corrected chi connectivity index (χ1v) is 7.41. The number of rotatable bonds is 0. The molecule has 0 atom stereocenters. The Morgan fingerprint density at radius 2 is 0.364 bits per heavy atom. The van der Waals surface area contributed by atoms with Crippen LogP contribution < -0.4 is 0 Å². The molecular weight excluding hydrogens is 336 g/mol. The molecule has 2 heteroatoms. The first-order chi connectivity index (χ1) is 8.00. The van der Waals surface area contributed by atoms with Crippen LogP contribution >= 0.6 is 0 Å². The van der Waals surface area contributed by atoms with Crippen LogP contribution in [0.25, 0.3) is 0 Å². The third kappa shape index (κ3) is 4380. The molecule has 0 amide bonds. The summed E-state index contributed by atoms with van der Waals surface area (Å²) in [6, 6.07) is 0. The van der Waals surface area contributed by atoms with Gasteiger partial charge in [-0.2, -0.15) is 21.7 Å². The molecule has 0 saturated heterocycles. The summed E-state index contributed by atoms with van der Waals surface area (Å²) >= 11 is 0. The molecule has 0 aliphatic rings. The molecule has 0 aliphatic carbocycles. The van der Waals surface area contributed by atoms with Gasteiger partial charge in [-0.3, -0.25) is 0 Å². The third-order valence-electron chi connectivity index (χ3n) is 0. The van der Waals surface area contributed by atoms with Gasteiger partial charge in [0, 0.05) is 21.7 Å².